The normalized spacial score (nSPS) is 12.5. The molecule has 21 heavy (non-hydrogen) atoms. The zero-order valence-corrected chi connectivity index (χ0v) is 10.9. The van der Waals surface area contributed by atoms with Gasteiger partial charge in [-0.05, 0) is 25.0 Å². The number of carboxylic acid groups (broad SMARTS) is 1. The molecule has 1 heterocycles. The van der Waals surface area contributed by atoms with Crippen molar-refractivity contribution in [1.29, 1.82) is 0 Å². The number of hydrogen-bond donors (Lipinski definition) is 2. The van der Waals surface area contributed by atoms with Crippen molar-refractivity contribution >= 4 is 11.9 Å². The predicted molar refractivity (Wildman–Crippen MR) is 67.6 cm³/mol. The number of aromatic nitrogens is 1. The zero-order valence-electron chi connectivity index (χ0n) is 10.9. The molecule has 0 saturated heterocycles. The number of carbonyl (C=O) groups excluding carboxylic acids is 1. The van der Waals surface area contributed by atoms with Crippen LogP contribution in [0.2, 0.25) is 0 Å². The van der Waals surface area contributed by atoms with E-state index in [0.29, 0.717) is 12.5 Å². The summed E-state index contributed by atoms with van der Waals surface area (Å²) in [5, 5.41) is 11.0. The third-order valence-electron chi connectivity index (χ3n) is 2.59. The first-order valence-electron chi connectivity index (χ1n) is 5.94. The van der Waals surface area contributed by atoms with Gasteiger partial charge in [-0.1, -0.05) is 6.08 Å². The Hall–Kier alpha value is -2.38. The minimum atomic E-state index is -4.75. The molecule has 0 aliphatic rings. The molecule has 114 valence electrons. The molecule has 1 rings (SSSR count). The van der Waals surface area contributed by atoms with Crippen molar-refractivity contribution in [1.82, 2.24) is 10.3 Å². The molecular formula is C13H13F3N2O3. The number of hydrogen-bond acceptors (Lipinski definition) is 3. The largest absolute Gasteiger partial charge is 0.480 e. The van der Waals surface area contributed by atoms with E-state index in [2.05, 4.69) is 11.6 Å². The van der Waals surface area contributed by atoms with Crippen LogP contribution in [0.15, 0.2) is 31.0 Å². The van der Waals surface area contributed by atoms with Crippen molar-refractivity contribution in [3.63, 3.8) is 0 Å². The van der Waals surface area contributed by atoms with E-state index in [1.807, 2.05) is 5.32 Å². The van der Waals surface area contributed by atoms with Crippen LogP contribution in [-0.2, 0) is 11.0 Å². The summed E-state index contributed by atoms with van der Waals surface area (Å²) in [5.41, 5.74) is -2.06. The summed E-state index contributed by atoms with van der Waals surface area (Å²) in [4.78, 5) is 26.2. The van der Waals surface area contributed by atoms with Gasteiger partial charge in [-0.25, -0.2) is 4.79 Å². The van der Waals surface area contributed by atoms with Crippen LogP contribution < -0.4 is 5.32 Å². The molecule has 1 aromatic rings. The zero-order chi connectivity index (χ0) is 16.0. The second-order valence-corrected chi connectivity index (χ2v) is 4.13. The van der Waals surface area contributed by atoms with Gasteiger partial charge < -0.3 is 10.4 Å². The van der Waals surface area contributed by atoms with Crippen molar-refractivity contribution in [3.05, 3.63) is 42.2 Å². The van der Waals surface area contributed by atoms with E-state index >= 15 is 0 Å². The summed E-state index contributed by atoms with van der Waals surface area (Å²) in [6.45, 7) is 3.41. The molecule has 0 aliphatic carbocycles. The van der Waals surface area contributed by atoms with Gasteiger partial charge in [0.2, 0.25) is 0 Å². The Morgan fingerprint density at radius 2 is 2.14 bits per heavy atom. The molecule has 1 atom stereocenters. The highest BCUT2D eigenvalue weighted by atomic mass is 19.4. The smallest absolute Gasteiger partial charge is 0.418 e. The molecule has 0 bridgehead atoms. The first-order valence-corrected chi connectivity index (χ1v) is 5.94. The Kier molecular flexibility index (Phi) is 5.45. The number of alkyl halides is 3. The lowest BCUT2D eigenvalue weighted by molar-refractivity contribution is -0.139. The van der Waals surface area contributed by atoms with Gasteiger partial charge in [-0.15, -0.1) is 6.58 Å². The molecule has 0 saturated carbocycles. The van der Waals surface area contributed by atoms with Gasteiger partial charge in [0.1, 0.15) is 11.7 Å². The minimum absolute atomic E-state index is 0.0265. The quantitative estimate of drug-likeness (QED) is 0.790. The molecule has 5 nitrogen and oxygen atoms in total. The molecule has 2 N–H and O–H groups in total. The first-order chi connectivity index (χ1) is 9.77. The molecular weight excluding hydrogens is 289 g/mol. The standard InChI is InChI=1S/C13H13F3N2O3/c1-2-3-6-9(12(20)21)18-11(19)10-8(13(14,15)16)5-4-7-17-10/h2,4-5,7,9H,1,3,6H2,(H,18,19)(H,20,21). The Morgan fingerprint density at radius 3 is 2.67 bits per heavy atom. The topological polar surface area (TPSA) is 79.3 Å². The summed E-state index contributed by atoms with van der Waals surface area (Å²) in [5.74, 6) is -2.52. The molecule has 0 fully saturated rings. The molecule has 8 heteroatoms. The van der Waals surface area contributed by atoms with Crippen LogP contribution in [0.4, 0.5) is 13.2 Å². The number of amides is 1. The van der Waals surface area contributed by atoms with Crippen LogP contribution in [0.3, 0.4) is 0 Å². The molecule has 1 unspecified atom stereocenters. The summed E-state index contributed by atoms with van der Waals surface area (Å²) < 4.78 is 38.3. The van der Waals surface area contributed by atoms with Gasteiger partial charge in [-0.2, -0.15) is 13.2 Å². The lowest BCUT2D eigenvalue weighted by Gasteiger charge is -2.15. The molecule has 1 aromatic heterocycles. The first kappa shape index (κ1) is 16.7. The third kappa shape index (κ3) is 4.59. The van der Waals surface area contributed by atoms with Crippen LogP contribution in [-0.4, -0.2) is 28.0 Å². The number of allylic oxidation sites excluding steroid dienone is 1. The summed E-state index contributed by atoms with van der Waals surface area (Å²) in [6, 6.07) is 0.451. The number of carboxylic acids is 1. The molecule has 1 amide bonds. The van der Waals surface area contributed by atoms with Gasteiger partial charge in [-0.3, -0.25) is 9.78 Å². The van der Waals surface area contributed by atoms with Gasteiger partial charge >= 0.3 is 12.1 Å². The Bertz CT molecular complexity index is 544. The van der Waals surface area contributed by atoms with Crippen LogP contribution in [0.25, 0.3) is 0 Å². The Labute approximate surface area is 118 Å². The average Bonchev–Trinajstić information content (AvgIpc) is 2.42. The molecule has 0 aliphatic heterocycles. The fraction of sp³-hybridized carbons (Fsp3) is 0.308. The van der Waals surface area contributed by atoms with E-state index in [-0.39, 0.29) is 6.42 Å². The van der Waals surface area contributed by atoms with Gasteiger partial charge in [0.05, 0.1) is 5.56 Å². The monoisotopic (exact) mass is 302 g/mol. The molecule has 0 spiro atoms. The van der Waals surface area contributed by atoms with E-state index < -0.39 is 35.4 Å². The highest BCUT2D eigenvalue weighted by Crippen LogP contribution is 2.30. The Morgan fingerprint density at radius 1 is 1.48 bits per heavy atom. The highest BCUT2D eigenvalue weighted by Gasteiger charge is 2.36. The Balaban J connectivity index is 2.98. The second-order valence-electron chi connectivity index (χ2n) is 4.13. The molecule has 0 aromatic carbocycles. The van der Waals surface area contributed by atoms with Gasteiger partial charge in [0, 0.05) is 6.20 Å². The summed E-state index contributed by atoms with van der Waals surface area (Å²) in [6.07, 6.45) is -1.95. The maximum atomic E-state index is 12.8. The summed E-state index contributed by atoms with van der Waals surface area (Å²) >= 11 is 0. The molecule has 0 radical (unpaired) electrons. The van der Waals surface area contributed by atoms with Crippen molar-refractivity contribution in [2.45, 2.75) is 25.1 Å². The fourth-order valence-corrected chi connectivity index (χ4v) is 1.58. The lowest BCUT2D eigenvalue weighted by Crippen LogP contribution is -2.41. The van der Waals surface area contributed by atoms with Crippen LogP contribution in [0, 0.1) is 0 Å². The van der Waals surface area contributed by atoms with Crippen molar-refractivity contribution in [2.24, 2.45) is 0 Å². The van der Waals surface area contributed by atoms with Crippen molar-refractivity contribution in [2.75, 3.05) is 0 Å². The van der Waals surface area contributed by atoms with Crippen molar-refractivity contribution in [3.8, 4) is 0 Å². The van der Waals surface area contributed by atoms with E-state index in [4.69, 9.17) is 5.11 Å². The SMILES string of the molecule is C=CCCC(NC(=O)c1ncccc1C(F)(F)F)C(=O)O. The summed E-state index contributed by atoms with van der Waals surface area (Å²) in [7, 11) is 0. The van der Waals surface area contributed by atoms with E-state index in [1.165, 1.54) is 6.08 Å². The number of aliphatic carboxylic acids is 1. The van der Waals surface area contributed by atoms with Crippen molar-refractivity contribution < 1.29 is 27.9 Å². The number of nitrogens with one attached hydrogen (secondary N) is 1. The van der Waals surface area contributed by atoms with Crippen LogP contribution >= 0.6 is 0 Å². The number of carbonyl (C=O) groups is 2. The number of halogens is 3. The van der Waals surface area contributed by atoms with Gasteiger partial charge in [0.25, 0.3) is 5.91 Å². The van der Waals surface area contributed by atoms with E-state index in [9.17, 15) is 22.8 Å². The van der Waals surface area contributed by atoms with Crippen LogP contribution in [0.1, 0.15) is 28.9 Å². The second kappa shape index (κ2) is 6.87. The number of rotatable bonds is 6. The fourth-order valence-electron chi connectivity index (χ4n) is 1.58. The number of pyridine rings is 1. The lowest BCUT2D eigenvalue weighted by atomic mass is 10.1. The minimum Gasteiger partial charge on any atom is -0.480 e. The highest BCUT2D eigenvalue weighted by molar-refractivity contribution is 5.96. The average molecular weight is 302 g/mol. The third-order valence-corrected chi connectivity index (χ3v) is 2.59. The maximum Gasteiger partial charge on any atom is 0.418 e. The number of nitrogens with zero attached hydrogens (tertiary/aromatic N) is 1. The van der Waals surface area contributed by atoms with E-state index in [1.54, 1.807) is 0 Å². The van der Waals surface area contributed by atoms with Crippen LogP contribution in [0.5, 0.6) is 0 Å². The van der Waals surface area contributed by atoms with E-state index in [0.717, 1.165) is 12.3 Å². The van der Waals surface area contributed by atoms with Gasteiger partial charge in [0.15, 0.2) is 0 Å². The maximum absolute atomic E-state index is 12.8. The predicted octanol–water partition coefficient (Wildman–Crippen LogP) is 2.25.